The van der Waals surface area contributed by atoms with Gasteiger partial charge in [-0.15, -0.1) is 10.2 Å². The van der Waals surface area contributed by atoms with E-state index in [-0.39, 0.29) is 17.6 Å². The quantitative estimate of drug-likeness (QED) is 0.398. The highest BCUT2D eigenvalue weighted by Gasteiger charge is 2.13. The summed E-state index contributed by atoms with van der Waals surface area (Å²) in [6.45, 7) is 3.93. The van der Waals surface area contributed by atoms with Gasteiger partial charge in [-0.2, -0.15) is 0 Å². The van der Waals surface area contributed by atoms with Gasteiger partial charge in [0.15, 0.2) is 10.8 Å². The van der Waals surface area contributed by atoms with Crippen LogP contribution in [0.15, 0.2) is 66.0 Å². The first-order valence-electron chi connectivity index (χ1n) is 10.2. The van der Waals surface area contributed by atoms with Gasteiger partial charge in [-0.1, -0.05) is 23.9 Å². The van der Waals surface area contributed by atoms with Crippen LogP contribution >= 0.6 is 11.8 Å². The van der Waals surface area contributed by atoms with E-state index in [4.69, 9.17) is 4.74 Å². The number of pyridine rings is 1. The highest BCUT2D eigenvalue weighted by Crippen LogP contribution is 2.21. The lowest BCUT2D eigenvalue weighted by molar-refractivity contribution is -0.113. The summed E-state index contributed by atoms with van der Waals surface area (Å²) in [4.78, 5) is 25.2. The summed E-state index contributed by atoms with van der Waals surface area (Å²) in [7, 11) is 1.59. The fourth-order valence-corrected chi connectivity index (χ4v) is 3.88. The monoisotopic (exact) mass is 461 g/mol. The summed E-state index contributed by atoms with van der Waals surface area (Å²) in [5, 5.41) is 14.6. The first-order valence-corrected chi connectivity index (χ1v) is 11.2. The van der Waals surface area contributed by atoms with Crippen LogP contribution in [0.2, 0.25) is 0 Å². The molecule has 33 heavy (non-hydrogen) atoms. The van der Waals surface area contributed by atoms with Crippen molar-refractivity contribution in [1.82, 2.24) is 14.6 Å². The SMILES string of the molecule is COc1ccc(NC(=O)c2ccc3nnc(SCC(=O)Nc4cc(C)ccc4C)n3c2)cc1. The molecule has 2 heterocycles. The van der Waals surface area contributed by atoms with Crippen LogP contribution in [-0.4, -0.2) is 39.3 Å². The van der Waals surface area contributed by atoms with E-state index in [2.05, 4.69) is 20.8 Å². The third-order valence-corrected chi connectivity index (χ3v) is 5.92. The number of thioether (sulfide) groups is 1. The van der Waals surface area contributed by atoms with Crippen molar-refractivity contribution in [3.63, 3.8) is 0 Å². The lowest BCUT2D eigenvalue weighted by Gasteiger charge is -2.09. The second-order valence-electron chi connectivity index (χ2n) is 7.47. The number of nitrogens with one attached hydrogen (secondary N) is 2. The predicted molar refractivity (Wildman–Crippen MR) is 129 cm³/mol. The average Bonchev–Trinajstić information content (AvgIpc) is 3.23. The second-order valence-corrected chi connectivity index (χ2v) is 8.41. The summed E-state index contributed by atoms with van der Waals surface area (Å²) in [5.41, 5.74) is 4.56. The zero-order valence-corrected chi connectivity index (χ0v) is 19.3. The van der Waals surface area contributed by atoms with Crippen LogP contribution in [0.5, 0.6) is 5.75 Å². The van der Waals surface area contributed by atoms with E-state index in [0.717, 1.165) is 16.8 Å². The molecule has 0 bridgehead atoms. The third kappa shape index (κ3) is 5.32. The Bertz CT molecular complexity index is 1320. The lowest BCUT2D eigenvalue weighted by Crippen LogP contribution is -2.15. The van der Waals surface area contributed by atoms with Crippen molar-refractivity contribution in [3.8, 4) is 5.75 Å². The predicted octanol–water partition coefficient (Wildman–Crippen LogP) is 4.34. The topological polar surface area (TPSA) is 97.6 Å². The van der Waals surface area contributed by atoms with Crippen LogP contribution < -0.4 is 15.4 Å². The number of aryl methyl sites for hydroxylation is 2. The molecule has 0 spiro atoms. The summed E-state index contributed by atoms with van der Waals surface area (Å²) in [5.74, 6) is 0.469. The zero-order valence-electron chi connectivity index (χ0n) is 18.5. The van der Waals surface area contributed by atoms with Crippen molar-refractivity contribution in [3.05, 3.63) is 77.5 Å². The van der Waals surface area contributed by atoms with Gasteiger partial charge in [0, 0.05) is 17.6 Å². The van der Waals surface area contributed by atoms with Gasteiger partial charge in [0.1, 0.15) is 5.75 Å². The number of aromatic nitrogens is 3. The standard InChI is InChI=1S/C24H23N5O3S/c1-15-4-5-16(2)20(12-15)26-22(30)14-33-24-28-27-21-11-6-17(13-29(21)24)23(31)25-18-7-9-19(32-3)10-8-18/h4-13H,14H2,1-3H3,(H,25,31)(H,26,30). The minimum atomic E-state index is -0.264. The van der Waals surface area contributed by atoms with Crippen molar-refractivity contribution < 1.29 is 14.3 Å². The molecule has 0 saturated carbocycles. The number of nitrogens with zero attached hydrogens (tertiary/aromatic N) is 3. The number of benzene rings is 2. The molecule has 4 rings (SSSR count). The second kappa shape index (κ2) is 9.74. The number of methoxy groups -OCH3 is 1. The van der Waals surface area contributed by atoms with E-state index in [1.165, 1.54) is 11.8 Å². The molecule has 0 atom stereocenters. The van der Waals surface area contributed by atoms with E-state index in [1.807, 2.05) is 32.0 Å². The number of amides is 2. The Balaban J connectivity index is 1.44. The Hall–Kier alpha value is -3.85. The molecular formula is C24H23N5O3S. The summed E-state index contributed by atoms with van der Waals surface area (Å²) in [6, 6.07) is 16.4. The fourth-order valence-electron chi connectivity index (χ4n) is 3.17. The van der Waals surface area contributed by atoms with Gasteiger partial charge in [0.2, 0.25) is 5.91 Å². The van der Waals surface area contributed by atoms with E-state index < -0.39 is 0 Å². The largest absolute Gasteiger partial charge is 0.497 e. The maximum atomic E-state index is 12.7. The number of ether oxygens (including phenoxy) is 1. The van der Waals surface area contributed by atoms with Crippen molar-refractivity contribution >= 4 is 40.6 Å². The number of hydrogen-bond donors (Lipinski definition) is 2. The number of anilines is 2. The summed E-state index contributed by atoms with van der Waals surface area (Å²) < 4.78 is 6.84. The van der Waals surface area contributed by atoms with Gasteiger partial charge < -0.3 is 15.4 Å². The molecule has 0 radical (unpaired) electrons. The molecule has 168 valence electrons. The number of fused-ring (bicyclic) bond motifs is 1. The maximum absolute atomic E-state index is 12.7. The summed E-state index contributed by atoms with van der Waals surface area (Å²) in [6.07, 6.45) is 1.67. The van der Waals surface area contributed by atoms with Crippen LogP contribution in [0.25, 0.3) is 5.65 Å². The number of rotatable bonds is 7. The minimum Gasteiger partial charge on any atom is -0.497 e. The maximum Gasteiger partial charge on any atom is 0.257 e. The van der Waals surface area contributed by atoms with Crippen LogP contribution in [0.4, 0.5) is 11.4 Å². The highest BCUT2D eigenvalue weighted by atomic mass is 32.2. The molecule has 0 unspecified atom stereocenters. The number of carbonyl (C=O) groups excluding carboxylic acids is 2. The zero-order chi connectivity index (χ0) is 23.4. The van der Waals surface area contributed by atoms with Crippen molar-refractivity contribution in [2.45, 2.75) is 19.0 Å². The molecule has 0 saturated heterocycles. The van der Waals surface area contributed by atoms with Gasteiger partial charge in [0.25, 0.3) is 5.91 Å². The Kier molecular flexibility index (Phi) is 6.60. The van der Waals surface area contributed by atoms with Crippen molar-refractivity contribution in [2.24, 2.45) is 0 Å². The van der Waals surface area contributed by atoms with E-state index in [0.29, 0.717) is 27.8 Å². The smallest absolute Gasteiger partial charge is 0.257 e. The van der Waals surface area contributed by atoms with E-state index >= 15 is 0 Å². The molecule has 2 N–H and O–H groups in total. The summed E-state index contributed by atoms with van der Waals surface area (Å²) >= 11 is 1.25. The molecule has 2 aromatic carbocycles. The van der Waals surface area contributed by atoms with Crippen LogP contribution in [-0.2, 0) is 4.79 Å². The molecular weight excluding hydrogens is 438 g/mol. The molecule has 0 aliphatic carbocycles. The third-order valence-electron chi connectivity index (χ3n) is 4.98. The van der Waals surface area contributed by atoms with E-state index in [9.17, 15) is 9.59 Å². The fraction of sp³-hybridized carbons (Fsp3) is 0.167. The van der Waals surface area contributed by atoms with E-state index in [1.54, 1.807) is 54.1 Å². The highest BCUT2D eigenvalue weighted by molar-refractivity contribution is 7.99. The van der Waals surface area contributed by atoms with Crippen molar-refractivity contribution in [1.29, 1.82) is 0 Å². The number of carbonyl (C=O) groups is 2. The van der Waals surface area contributed by atoms with Crippen LogP contribution in [0.3, 0.4) is 0 Å². The van der Waals surface area contributed by atoms with Gasteiger partial charge in [-0.3, -0.25) is 14.0 Å². The van der Waals surface area contributed by atoms with Gasteiger partial charge >= 0.3 is 0 Å². The van der Waals surface area contributed by atoms with Crippen molar-refractivity contribution in [2.75, 3.05) is 23.5 Å². The lowest BCUT2D eigenvalue weighted by atomic mass is 10.1. The average molecular weight is 462 g/mol. The Morgan fingerprint density at radius 1 is 1.00 bits per heavy atom. The molecule has 8 nitrogen and oxygen atoms in total. The minimum absolute atomic E-state index is 0.140. The Morgan fingerprint density at radius 2 is 1.79 bits per heavy atom. The van der Waals surface area contributed by atoms with Crippen LogP contribution in [0.1, 0.15) is 21.5 Å². The molecule has 0 fully saturated rings. The molecule has 2 amide bonds. The Labute approximate surface area is 195 Å². The molecule has 4 aromatic rings. The van der Waals surface area contributed by atoms with Gasteiger partial charge in [0.05, 0.1) is 18.4 Å². The molecule has 0 aliphatic rings. The van der Waals surface area contributed by atoms with Gasteiger partial charge in [-0.25, -0.2) is 0 Å². The van der Waals surface area contributed by atoms with Gasteiger partial charge in [-0.05, 0) is 67.4 Å². The first-order chi connectivity index (χ1) is 15.9. The number of hydrogen-bond acceptors (Lipinski definition) is 6. The molecule has 0 aliphatic heterocycles. The Morgan fingerprint density at radius 3 is 2.55 bits per heavy atom. The molecule has 2 aromatic heterocycles. The first kappa shape index (κ1) is 22.3. The normalized spacial score (nSPS) is 10.8. The van der Waals surface area contributed by atoms with Crippen LogP contribution in [0, 0.1) is 13.8 Å². The molecule has 9 heteroatoms.